The first-order valence-corrected chi connectivity index (χ1v) is 7.01. The zero-order chi connectivity index (χ0) is 15.0. The Hall–Kier alpha value is -2.07. The number of ether oxygens (including phenoxy) is 3. The van der Waals surface area contributed by atoms with E-state index < -0.39 is 11.7 Å². The zero-order valence-corrected chi connectivity index (χ0v) is 12.4. The van der Waals surface area contributed by atoms with E-state index >= 15 is 0 Å². The van der Waals surface area contributed by atoms with Crippen molar-refractivity contribution in [3.8, 4) is 5.75 Å². The predicted molar refractivity (Wildman–Crippen MR) is 79.4 cm³/mol. The number of benzene rings is 2. The highest BCUT2D eigenvalue weighted by molar-refractivity contribution is 5.86. The summed E-state index contributed by atoms with van der Waals surface area (Å²) in [6.45, 7) is 4.08. The van der Waals surface area contributed by atoms with Gasteiger partial charge in [-0.15, -0.1) is 0 Å². The van der Waals surface area contributed by atoms with E-state index in [2.05, 4.69) is 0 Å². The minimum Gasteiger partial charge on any atom is -0.497 e. The van der Waals surface area contributed by atoms with Gasteiger partial charge in [-0.25, -0.2) is 4.79 Å². The van der Waals surface area contributed by atoms with E-state index in [1.54, 1.807) is 14.0 Å². The van der Waals surface area contributed by atoms with E-state index in [4.69, 9.17) is 14.2 Å². The molecule has 21 heavy (non-hydrogen) atoms. The van der Waals surface area contributed by atoms with Gasteiger partial charge in [0.25, 0.3) is 0 Å². The molecule has 0 bridgehead atoms. The van der Waals surface area contributed by atoms with Gasteiger partial charge in [-0.05, 0) is 48.4 Å². The molecule has 0 radical (unpaired) electrons. The van der Waals surface area contributed by atoms with Crippen LogP contribution in [0.2, 0.25) is 0 Å². The van der Waals surface area contributed by atoms with Crippen LogP contribution in [0.3, 0.4) is 0 Å². The van der Waals surface area contributed by atoms with Gasteiger partial charge in [0.2, 0.25) is 0 Å². The third-order valence-electron chi connectivity index (χ3n) is 3.93. The highest BCUT2D eigenvalue weighted by Crippen LogP contribution is 2.47. The number of hydrogen-bond donors (Lipinski definition) is 0. The summed E-state index contributed by atoms with van der Waals surface area (Å²) in [6, 6.07) is 12.0. The second-order valence-electron chi connectivity index (χ2n) is 5.28. The Kier molecular flexibility index (Phi) is 3.33. The third-order valence-corrected chi connectivity index (χ3v) is 3.93. The fourth-order valence-electron chi connectivity index (χ4n) is 2.58. The summed E-state index contributed by atoms with van der Waals surface area (Å²) in [5.74, 6) is 0.531. The number of carbonyl (C=O) groups excluding carboxylic acids is 1. The van der Waals surface area contributed by atoms with Crippen molar-refractivity contribution in [1.82, 2.24) is 0 Å². The maximum absolute atomic E-state index is 11.8. The summed E-state index contributed by atoms with van der Waals surface area (Å²) in [7, 11) is 1.65. The van der Waals surface area contributed by atoms with Crippen molar-refractivity contribution in [3.05, 3.63) is 42.0 Å². The Balaban J connectivity index is 1.90. The van der Waals surface area contributed by atoms with Crippen molar-refractivity contribution < 1.29 is 19.0 Å². The molecule has 1 fully saturated rings. The molecule has 2 aromatic carbocycles. The Morgan fingerprint density at radius 1 is 1.24 bits per heavy atom. The standard InChI is InChI=1S/C17H18O4/c1-4-20-16(18)15-17(2,21-15)13-7-5-12-10-14(19-3)8-6-11(12)9-13/h5-10,15H,4H2,1-3H3/t15-,17-/m1/s1. The Bertz CT molecular complexity index is 694. The van der Waals surface area contributed by atoms with Crippen molar-refractivity contribution in [3.63, 3.8) is 0 Å². The largest absolute Gasteiger partial charge is 0.497 e. The molecule has 0 aromatic heterocycles. The Morgan fingerprint density at radius 3 is 2.67 bits per heavy atom. The number of carbonyl (C=O) groups is 1. The van der Waals surface area contributed by atoms with Gasteiger partial charge in [0.15, 0.2) is 6.10 Å². The first kappa shape index (κ1) is 13.9. The number of epoxide rings is 1. The van der Waals surface area contributed by atoms with Gasteiger partial charge in [-0.2, -0.15) is 0 Å². The average molecular weight is 286 g/mol. The van der Waals surface area contributed by atoms with E-state index in [1.807, 2.05) is 43.3 Å². The fourth-order valence-corrected chi connectivity index (χ4v) is 2.58. The Labute approximate surface area is 123 Å². The van der Waals surface area contributed by atoms with Crippen LogP contribution >= 0.6 is 0 Å². The van der Waals surface area contributed by atoms with Gasteiger partial charge in [-0.1, -0.05) is 18.2 Å². The molecule has 3 rings (SSSR count). The average Bonchev–Trinajstić information content (AvgIpc) is 3.20. The number of fused-ring (bicyclic) bond motifs is 1. The van der Waals surface area contributed by atoms with Crippen molar-refractivity contribution in [2.24, 2.45) is 0 Å². The van der Waals surface area contributed by atoms with Gasteiger partial charge in [0.1, 0.15) is 11.4 Å². The molecule has 1 aliphatic rings. The second-order valence-corrected chi connectivity index (χ2v) is 5.28. The highest BCUT2D eigenvalue weighted by atomic mass is 16.7. The van der Waals surface area contributed by atoms with E-state index in [0.29, 0.717) is 6.61 Å². The lowest BCUT2D eigenvalue weighted by molar-refractivity contribution is -0.144. The van der Waals surface area contributed by atoms with Crippen LogP contribution in [0.5, 0.6) is 5.75 Å². The van der Waals surface area contributed by atoms with E-state index in [1.165, 1.54) is 0 Å². The first-order valence-electron chi connectivity index (χ1n) is 7.01. The molecular formula is C17H18O4. The number of methoxy groups -OCH3 is 1. The smallest absolute Gasteiger partial charge is 0.338 e. The SMILES string of the molecule is CCOC(=O)[C@H]1O[C@]1(C)c1ccc2cc(OC)ccc2c1. The molecule has 0 aliphatic carbocycles. The molecule has 2 aromatic rings. The van der Waals surface area contributed by atoms with Crippen LogP contribution in [0, 0.1) is 0 Å². The Morgan fingerprint density at radius 2 is 1.95 bits per heavy atom. The summed E-state index contributed by atoms with van der Waals surface area (Å²) in [5, 5.41) is 2.18. The van der Waals surface area contributed by atoms with Gasteiger partial charge < -0.3 is 14.2 Å². The second kappa shape index (κ2) is 5.04. The summed E-state index contributed by atoms with van der Waals surface area (Å²) in [5.41, 5.74) is 0.401. The van der Waals surface area contributed by atoms with Crippen LogP contribution in [-0.4, -0.2) is 25.8 Å². The molecule has 0 unspecified atom stereocenters. The molecule has 4 nitrogen and oxygen atoms in total. The van der Waals surface area contributed by atoms with Crippen molar-refractivity contribution in [2.45, 2.75) is 25.6 Å². The lowest BCUT2D eigenvalue weighted by atomic mass is 9.95. The lowest BCUT2D eigenvalue weighted by Crippen LogP contribution is -2.18. The molecule has 1 saturated heterocycles. The van der Waals surface area contributed by atoms with Crippen molar-refractivity contribution in [2.75, 3.05) is 13.7 Å². The minimum atomic E-state index is -0.583. The molecule has 0 spiro atoms. The molecule has 4 heteroatoms. The third kappa shape index (κ3) is 2.36. The van der Waals surface area contributed by atoms with E-state index in [9.17, 15) is 4.79 Å². The van der Waals surface area contributed by atoms with Crippen LogP contribution < -0.4 is 4.74 Å². The number of hydrogen-bond acceptors (Lipinski definition) is 4. The molecule has 0 amide bonds. The van der Waals surface area contributed by atoms with Crippen LogP contribution in [0.1, 0.15) is 19.4 Å². The van der Waals surface area contributed by atoms with Crippen LogP contribution in [0.4, 0.5) is 0 Å². The van der Waals surface area contributed by atoms with Crippen LogP contribution in [0.25, 0.3) is 10.8 Å². The number of esters is 1. The number of rotatable bonds is 4. The van der Waals surface area contributed by atoms with Crippen molar-refractivity contribution in [1.29, 1.82) is 0 Å². The lowest BCUT2D eigenvalue weighted by Gasteiger charge is -2.09. The monoisotopic (exact) mass is 286 g/mol. The molecule has 110 valence electrons. The van der Waals surface area contributed by atoms with Gasteiger partial charge in [0.05, 0.1) is 13.7 Å². The maximum Gasteiger partial charge on any atom is 0.338 e. The molecular weight excluding hydrogens is 268 g/mol. The van der Waals surface area contributed by atoms with E-state index in [-0.39, 0.29) is 5.97 Å². The van der Waals surface area contributed by atoms with Crippen LogP contribution in [0.15, 0.2) is 36.4 Å². The topological polar surface area (TPSA) is 48.1 Å². The van der Waals surface area contributed by atoms with Gasteiger partial charge in [0, 0.05) is 0 Å². The molecule has 1 aliphatic heterocycles. The predicted octanol–water partition coefficient (Wildman–Crippen LogP) is 3.03. The summed E-state index contributed by atoms with van der Waals surface area (Å²) < 4.78 is 15.8. The van der Waals surface area contributed by atoms with Gasteiger partial charge >= 0.3 is 5.97 Å². The summed E-state index contributed by atoms with van der Waals surface area (Å²) in [6.07, 6.45) is -0.506. The summed E-state index contributed by atoms with van der Waals surface area (Å²) in [4.78, 5) is 11.8. The first-order chi connectivity index (χ1) is 10.1. The molecule has 0 saturated carbocycles. The van der Waals surface area contributed by atoms with Gasteiger partial charge in [-0.3, -0.25) is 0 Å². The fraction of sp³-hybridized carbons (Fsp3) is 0.353. The normalized spacial score (nSPS) is 23.9. The maximum atomic E-state index is 11.8. The molecule has 0 N–H and O–H groups in total. The van der Waals surface area contributed by atoms with Crippen LogP contribution in [-0.2, 0) is 19.9 Å². The zero-order valence-electron chi connectivity index (χ0n) is 12.4. The quantitative estimate of drug-likeness (QED) is 0.640. The van der Waals surface area contributed by atoms with Crippen molar-refractivity contribution >= 4 is 16.7 Å². The molecule has 1 heterocycles. The highest BCUT2D eigenvalue weighted by Gasteiger charge is 2.59. The minimum absolute atomic E-state index is 0.296. The molecule has 2 atom stereocenters. The summed E-state index contributed by atoms with van der Waals surface area (Å²) >= 11 is 0. The van der Waals surface area contributed by atoms with E-state index in [0.717, 1.165) is 22.1 Å².